The molecule has 0 unspecified atom stereocenters. The summed E-state index contributed by atoms with van der Waals surface area (Å²) in [6, 6.07) is 1.51. The van der Waals surface area contributed by atoms with Gasteiger partial charge in [0.25, 0.3) is 5.91 Å². The number of fused-ring (bicyclic) bond motifs is 1. The smallest absolute Gasteiger partial charge is 0.328 e. The van der Waals surface area contributed by atoms with Crippen molar-refractivity contribution in [3.63, 3.8) is 0 Å². The minimum absolute atomic E-state index is 0.162. The molecule has 0 radical (unpaired) electrons. The fourth-order valence-electron chi connectivity index (χ4n) is 3.53. The van der Waals surface area contributed by atoms with Gasteiger partial charge in [-0.05, 0) is 59.5 Å². The standard InChI is InChI=1S/C18H14BrF4N5OS/c1-8-13-14(19)25-15(16-24-9(2)26-30-16)28(13)6-5-27(8)17(29)11-4-3-10(20)7-12(11)18(21,22)23/h3-4,7-8H,5-6H2,1-2H3/t8-/m1/s1. The molecule has 0 spiro atoms. The summed E-state index contributed by atoms with van der Waals surface area (Å²) in [6.07, 6.45) is -4.85. The summed E-state index contributed by atoms with van der Waals surface area (Å²) in [5, 5.41) is 0.615. The highest BCUT2D eigenvalue weighted by Gasteiger charge is 2.39. The van der Waals surface area contributed by atoms with E-state index in [1.165, 1.54) is 16.4 Å². The molecule has 1 atom stereocenters. The van der Waals surface area contributed by atoms with Gasteiger partial charge in [-0.1, -0.05) is 0 Å². The number of hydrogen-bond acceptors (Lipinski definition) is 5. The Morgan fingerprint density at radius 2 is 2.00 bits per heavy atom. The summed E-state index contributed by atoms with van der Waals surface area (Å²) in [7, 11) is 0. The van der Waals surface area contributed by atoms with Crippen molar-refractivity contribution in [2.75, 3.05) is 6.54 Å². The highest BCUT2D eigenvalue weighted by atomic mass is 79.9. The van der Waals surface area contributed by atoms with Crippen molar-refractivity contribution >= 4 is 33.4 Å². The van der Waals surface area contributed by atoms with Crippen LogP contribution in [0.3, 0.4) is 0 Å². The number of halogens is 5. The van der Waals surface area contributed by atoms with Gasteiger partial charge in [-0.2, -0.15) is 17.5 Å². The van der Waals surface area contributed by atoms with Crippen LogP contribution >= 0.6 is 27.5 Å². The third-order valence-electron chi connectivity index (χ3n) is 4.89. The van der Waals surface area contributed by atoms with Gasteiger partial charge in [0.2, 0.25) is 0 Å². The van der Waals surface area contributed by atoms with Gasteiger partial charge in [-0.15, -0.1) is 0 Å². The molecule has 1 aliphatic heterocycles. The number of aromatic nitrogens is 4. The molecule has 0 fully saturated rings. The molecule has 12 heteroatoms. The Morgan fingerprint density at radius 1 is 1.27 bits per heavy atom. The molecule has 1 aromatic carbocycles. The molecule has 0 aliphatic carbocycles. The summed E-state index contributed by atoms with van der Waals surface area (Å²) in [6.45, 7) is 3.95. The van der Waals surface area contributed by atoms with Crippen molar-refractivity contribution in [1.29, 1.82) is 0 Å². The zero-order chi connectivity index (χ0) is 21.8. The van der Waals surface area contributed by atoms with E-state index in [2.05, 4.69) is 30.3 Å². The van der Waals surface area contributed by atoms with Gasteiger partial charge in [0.05, 0.1) is 22.9 Å². The second-order valence-electron chi connectivity index (χ2n) is 6.77. The molecular weight excluding hydrogens is 490 g/mol. The van der Waals surface area contributed by atoms with Crippen LogP contribution in [0.25, 0.3) is 10.8 Å². The molecule has 0 bridgehead atoms. The zero-order valence-electron chi connectivity index (χ0n) is 15.7. The number of imidazole rings is 1. The van der Waals surface area contributed by atoms with E-state index in [1.807, 2.05) is 4.57 Å². The second kappa shape index (κ2) is 7.41. The first kappa shape index (κ1) is 20.9. The minimum Gasteiger partial charge on any atom is -0.328 e. The van der Waals surface area contributed by atoms with Crippen LogP contribution in [0.5, 0.6) is 0 Å². The Kier molecular flexibility index (Phi) is 5.17. The first-order valence-corrected chi connectivity index (χ1v) is 10.4. The lowest BCUT2D eigenvalue weighted by molar-refractivity contribution is -0.138. The average molecular weight is 504 g/mol. The third-order valence-corrected chi connectivity index (χ3v) is 6.27. The topological polar surface area (TPSA) is 63.9 Å². The number of carbonyl (C=O) groups is 1. The quantitative estimate of drug-likeness (QED) is 0.469. The van der Waals surface area contributed by atoms with E-state index in [9.17, 15) is 22.4 Å². The van der Waals surface area contributed by atoms with Crippen LogP contribution in [0.1, 0.15) is 40.4 Å². The molecule has 3 aromatic rings. The van der Waals surface area contributed by atoms with Crippen molar-refractivity contribution in [2.24, 2.45) is 0 Å². The van der Waals surface area contributed by atoms with Crippen LogP contribution in [0.15, 0.2) is 22.8 Å². The zero-order valence-corrected chi connectivity index (χ0v) is 18.1. The molecule has 0 N–H and O–H groups in total. The van der Waals surface area contributed by atoms with Gasteiger partial charge < -0.3 is 9.47 Å². The SMILES string of the molecule is Cc1nsc(-c2nc(Br)c3n2CCN(C(=O)c2ccc(F)cc2C(F)(F)F)[C@@H]3C)n1. The van der Waals surface area contributed by atoms with Crippen LogP contribution < -0.4 is 0 Å². The van der Waals surface area contributed by atoms with E-state index in [-0.39, 0.29) is 6.54 Å². The number of hydrogen-bond donors (Lipinski definition) is 0. The van der Waals surface area contributed by atoms with E-state index >= 15 is 0 Å². The Morgan fingerprint density at radius 3 is 2.63 bits per heavy atom. The highest BCUT2D eigenvalue weighted by molar-refractivity contribution is 9.10. The third kappa shape index (κ3) is 3.51. The normalized spacial score (nSPS) is 16.6. The summed E-state index contributed by atoms with van der Waals surface area (Å²) < 4.78 is 60.1. The van der Waals surface area contributed by atoms with Gasteiger partial charge in [-0.3, -0.25) is 4.79 Å². The van der Waals surface area contributed by atoms with Crippen LogP contribution in [0.2, 0.25) is 0 Å². The van der Waals surface area contributed by atoms with E-state index in [1.54, 1.807) is 13.8 Å². The minimum atomic E-state index is -4.85. The van der Waals surface area contributed by atoms with E-state index < -0.39 is 35.1 Å². The average Bonchev–Trinajstić information content (AvgIpc) is 3.24. The van der Waals surface area contributed by atoms with Crippen LogP contribution in [-0.2, 0) is 12.7 Å². The predicted octanol–water partition coefficient (Wildman–Crippen LogP) is 4.85. The lowest BCUT2D eigenvalue weighted by Gasteiger charge is -2.35. The first-order valence-electron chi connectivity index (χ1n) is 8.82. The fraction of sp³-hybridized carbons (Fsp3) is 0.333. The van der Waals surface area contributed by atoms with Gasteiger partial charge in [0.15, 0.2) is 10.8 Å². The number of alkyl halides is 3. The van der Waals surface area contributed by atoms with Gasteiger partial charge in [0.1, 0.15) is 16.2 Å². The molecule has 3 heterocycles. The summed E-state index contributed by atoms with van der Waals surface area (Å²) in [5.74, 6) is -0.676. The molecule has 4 rings (SSSR count). The number of amides is 1. The number of nitrogens with zero attached hydrogens (tertiary/aromatic N) is 5. The molecule has 1 aliphatic rings. The lowest BCUT2D eigenvalue weighted by Crippen LogP contribution is -2.41. The molecular formula is C18H14BrF4N5OS. The molecule has 2 aromatic heterocycles. The van der Waals surface area contributed by atoms with Crippen LogP contribution in [0.4, 0.5) is 17.6 Å². The maximum absolute atomic E-state index is 13.4. The van der Waals surface area contributed by atoms with Crippen molar-refractivity contribution in [3.05, 3.63) is 51.3 Å². The van der Waals surface area contributed by atoms with Crippen molar-refractivity contribution in [3.8, 4) is 10.8 Å². The predicted molar refractivity (Wildman–Crippen MR) is 104 cm³/mol. The highest BCUT2D eigenvalue weighted by Crippen LogP contribution is 2.38. The Hall–Kier alpha value is -2.34. The van der Waals surface area contributed by atoms with Gasteiger partial charge >= 0.3 is 6.18 Å². The van der Waals surface area contributed by atoms with Crippen LogP contribution in [-0.4, -0.2) is 36.3 Å². The summed E-state index contributed by atoms with van der Waals surface area (Å²) in [5.41, 5.74) is -1.23. The van der Waals surface area contributed by atoms with Crippen LogP contribution in [0, 0.1) is 12.7 Å². The largest absolute Gasteiger partial charge is 0.417 e. The van der Waals surface area contributed by atoms with E-state index in [0.29, 0.717) is 39.6 Å². The van der Waals surface area contributed by atoms with E-state index in [4.69, 9.17) is 0 Å². The Labute approximate surface area is 180 Å². The molecule has 0 saturated carbocycles. The maximum Gasteiger partial charge on any atom is 0.417 e. The monoisotopic (exact) mass is 503 g/mol. The van der Waals surface area contributed by atoms with Gasteiger partial charge in [-0.25, -0.2) is 14.4 Å². The number of carbonyl (C=O) groups excluding carboxylic acids is 1. The Balaban J connectivity index is 1.72. The van der Waals surface area contributed by atoms with Crippen molar-refractivity contribution < 1.29 is 22.4 Å². The molecule has 158 valence electrons. The lowest BCUT2D eigenvalue weighted by atomic mass is 10.0. The number of benzene rings is 1. The van der Waals surface area contributed by atoms with Crippen molar-refractivity contribution in [2.45, 2.75) is 32.6 Å². The number of rotatable bonds is 2. The summed E-state index contributed by atoms with van der Waals surface area (Å²) in [4.78, 5) is 23.2. The maximum atomic E-state index is 13.4. The van der Waals surface area contributed by atoms with Gasteiger partial charge in [0, 0.05) is 13.1 Å². The van der Waals surface area contributed by atoms with E-state index in [0.717, 1.165) is 12.1 Å². The van der Waals surface area contributed by atoms with Crippen molar-refractivity contribution in [1.82, 2.24) is 23.8 Å². The number of aryl methyl sites for hydroxylation is 1. The first-order chi connectivity index (χ1) is 14.1. The molecule has 1 amide bonds. The second-order valence-corrected chi connectivity index (χ2v) is 8.28. The molecule has 0 saturated heterocycles. The molecule has 6 nitrogen and oxygen atoms in total. The Bertz CT molecular complexity index is 1140. The molecule has 30 heavy (non-hydrogen) atoms. The summed E-state index contributed by atoms with van der Waals surface area (Å²) >= 11 is 4.59. The fourth-order valence-corrected chi connectivity index (χ4v) is 4.91.